The van der Waals surface area contributed by atoms with Crippen LogP contribution in [0.5, 0.6) is 0 Å². The molecule has 1 nitrogen and oxygen atoms in total. The van der Waals surface area contributed by atoms with Crippen LogP contribution in [0.25, 0.3) is 0 Å². The number of nitrogens with one attached hydrogen (secondary N) is 1. The van der Waals surface area contributed by atoms with Crippen LogP contribution >= 0.6 is 12.4 Å². The van der Waals surface area contributed by atoms with Crippen molar-refractivity contribution in [3.05, 3.63) is 35.1 Å². The third-order valence-corrected chi connectivity index (χ3v) is 2.96. The number of piperidine rings is 1. The summed E-state index contributed by atoms with van der Waals surface area (Å²) in [6.07, 6.45) is -1.78. The van der Waals surface area contributed by atoms with Crippen LogP contribution < -0.4 is 5.32 Å². The number of alkyl halides is 3. The minimum atomic E-state index is -4.49. The van der Waals surface area contributed by atoms with Gasteiger partial charge in [-0.2, -0.15) is 13.2 Å². The van der Waals surface area contributed by atoms with Gasteiger partial charge < -0.3 is 5.32 Å². The van der Waals surface area contributed by atoms with Gasteiger partial charge in [0.2, 0.25) is 0 Å². The van der Waals surface area contributed by atoms with E-state index in [1.165, 1.54) is 6.07 Å². The molecule has 0 bridgehead atoms. The van der Waals surface area contributed by atoms with E-state index in [9.17, 15) is 17.6 Å². The van der Waals surface area contributed by atoms with Crippen molar-refractivity contribution in [1.82, 2.24) is 5.32 Å². The van der Waals surface area contributed by atoms with E-state index in [1.54, 1.807) is 0 Å². The third-order valence-electron chi connectivity index (χ3n) is 2.96. The first-order valence-corrected chi connectivity index (χ1v) is 5.58. The second-order valence-electron chi connectivity index (χ2n) is 4.27. The zero-order chi connectivity index (χ0) is 12.5. The Morgan fingerprint density at radius 1 is 1.11 bits per heavy atom. The second-order valence-corrected chi connectivity index (χ2v) is 4.27. The molecule has 0 aliphatic carbocycles. The summed E-state index contributed by atoms with van der Waals surface area (Å²) in [4.78, 5) is 0. The lowest BCUT2D eigenvalue weighted by Gasteiger charge is -2.24. The first-order chi connectivity index (χ1) is 7.97. The molecule has 0 amide bonds. The highest BCUT2D eigenvalue weighted by molar-refractivity contribution is 5.85. The van der Waals surface area contributed by atoms with Crippen molar-refractivity contribution in [1.29, 1.82) is 0 Å². The lowest BCUT2D eigenvalue weighted by atomic mass is 9.96. The average Bonchev–Trinajstić information content (AvgIpc) is 2.28. The fourth-order valence-electron chi connectivity index (χ4n) is 2.11. The molecular formula is C12H14ClF4N. The molecule has 1 fully saturated rings. The van der Waals surface area contributed by atoms with Crippen molar-refractivity contribution in [3.63, 3.8) is 0 Å². The molecule has 1 aliphatic rings. The Morgan fingerprint density at radius 2 is 1.83 bits per heavy atom. The van der Waals surface area contributed by atoms with Crippen LogP contribution in [0.3, 0.4) is 0 Å². The fourth-order valence-corrected chi connectivity index (χ4v) is 2.11. The van der Waals surface area contributed by atoms with Crippen LogP contribution in [0.4, 0.5) is 17.6 Å². The predicted molar refractivity (Wildman–Crippen MR) is 63.2 cm³/mol. The molecule has 102 valence electrons. The molecule has 0 unspecified atom stereocenters. The Balaban J connectivity index is 0.00000162. The Morgan fingerprint density at radius 3 is 2.39 bits per heavy atom. The van der Waals surface area contributed by atoms with Gasteiger partial charge >= 0.3 is 6.18 Å². The highest BCUT2D eigenvalue weighted by Crippen LogP contribution is 2.33. The summed E-state index contributed by atoms with van der Waals surface area (Å²) >= 11 is 0. The lowest BCUT2D eigenvalue weighted by Crippen LogP contribution is -2.27. The van der Waals surface area contributed by atoms with E-state index in [1.807, 2.05) is 0 Å². The Hall–Kier alpha value is -0.810. The Labute approximate surface area is 109 Å². The smallest absolute Gasteiger partial charge is 0.310 e. The van der Waals surface area contributed by atoms with E-state index >= 15 is 0 Å². The molecule has 1 atom stereocenters. The minimum absolute atomic E-state index is 0. The first kappa shape index (κ1) is 15.2. The maximum atomic E-state index is 13.2. The minimum Gasteiger partial charge on any atom is -0.310 e. The maximum absolute atomic E-state index is 13.2. The zero-order valence-electron chi connectivity index (χ0n) is 9.56. The van der Waals surface area contributed by atoms with Crippen molar-refractivity contribution in [2.24, 2.45) is 0 Å². The topological polar surface area (TPSA) is 12.0 Å². The molecule has 0 saturated carbocycles. The van der Waals surface area contributed by atoms with Crippen LogP contribution in [-0.4, -0.2) is 6.54 Å². The summed E-state index contributed by atoms with van der Waals surface area (Å²) < 4.78 is 50.8. The SMILES string of the molecule is Cl.Fc1cc([C@@H]2CCCCN2)cc(C(F)(F)F)c1. The van der Waals surface area contributed by atoms with Gasteiger partial charge in [0.05, 0.1) is 5.56 Å². The number of benzene rings is 1. The van der Waals surface area contributed by atoms with Crippen molar-refractivity contribution < 1.29 is 17.6 Å². The Kier molecular flexibility index (Phi) is 4.99. The Bertz CT molecular complexity index is 400. The van der Waals surface area contributed by atoms with Crippen LogP contribution in [0.15, 0.2) is 18.2 Å². The number of hydrogen-bond donors (Lipinski definition) is 1. The molecule has 1 aromatic rings. The van der Waals surface area contributed by atoms with Gasteiger partial charge in [-0.3, -0.25) is 0 Å². The molecule has 0 radical (unpaired) electrons. The molecule has 0 spiro atoms. The van der Waals surface area contributed by atoms with Crippen molar-refractivity contribution in [2.75, 3.05) is 6.54 Å². The standard InChI is InChI=1S/C12H13F4N.ClH/c13-10-6-8(11-3-1-2-4-17-11)5-9(7-10)12(14,15)16;/h5-7,11,17H,1-4H2;1H/t11-;/m0./s1. The summed E-state index contributed by atoms with van der Waals surface area (Å²) in [7, 11) is 0. The van der Waals surface area contributed by atoms with E-state index in [0.717, 1.165) is 31.9 Å². The molecule has 1 N–H and O–H groups in total. The average molecular weight is 284 g/mol. The van der Waals surface area contributed by atoms with Crippen molar-refractivity contribution >= 4 is 12.4 Å². The highest BCUT2D eigenvalue weighted by Gasteiger charge is 2.32. The summed E-state index contributed by atoms with van der Waals surface area (Å²) in [6, 6.07) is 2.58. The molecule has 1 saturated heterocycles. The van der Waals surface area contributed by atoms with Crippen LogP contribution in [0.2, 0.25) is 0 Å². The van der Waals surface area contributed by atoms with Gasteiger partial charge in [0.25, 0.3) is 0 Å². The van der Waals surface area contributed by atoms with Gasteiger partial charge in [-0.05, 0) is 43.1 Å². The number of halogens is 5. The maximum Gasteiger partial charge on any atom is 0.416 e. The number of rotatable bonds is 1. The fraction of sp³-hybridized carbons (Fsp3) is 0.500. The molecule has 18 heavy (non-hydrogen) atoms. The second kappa shape index (κ2) is 5.89. The summed E-state index contributed by atoms with van der Waals surface area (Å²) in [5.74, 6) is -0.831. The van der Waals surface area contributed by atoms with Gasteiger partial charge in [-0.1, -0.05) is 6.42 Å². The summed E-state index contributed by atoms with van der Waals surface area (Å²) in [6.45, 7) is 0.766. The van der Waals surface area contributed by atoms with Gasteiger partial charge in [0.1, 0.15) is 5.82 Å². The predicted octanol–water partition coefficient (Wildman–Crippen LogP) is 4.08. The molecule has 1 heterocycles. The lowest BCUT2D eigenvalue weighted by molar-refractivity contribution is -0.137. The van der Waals surface area contributed by atoms with E-state index < -0.39 is 17.6 Å². The summed E-state index contributed by atoms with van der Waals surface area (Å²) in [5.41, 5.74) is -0.531. The quantitative estimate of drug-likeness (QED) is 0.766. The van der Waals surface area contributed by atoms with Crippen LogP contribution in [-0.2, 0) is 6.18 Å². The van der Waals surface area contributed by atoms with E-state index in [-0.39, 0.29) is 18.4 Å². The molecule has 1 aliphatic heterocycles. The molecule has 1 aromatic carbocycles. The first-order valence-electron chi connectivity index (χ1n) is 5.58. The van der Waals surface area contributed by atoms with Crippen molar-refractivity contribution in [2.45, 2.75) is 31.5 Å². The number of hydrogen-bond acceptors (Lipinski definition) is 1. The highest BCUT2D eigenvalue weighted by atomic mass is 35.5. The van der Waals surface area contributed by atoms with E-state index in [0.29, 0.717) is 11.6 Å². The van der Waals surface area contributed by atoms with Crippen LogP contribution in [0, 0.1) is 5.82 Å². The van der Waals surface area contributed by atoms with E-state index in [2.05, 4.69) is 5.32 Å². The monoisotopic (exact) mass is 283 g/mol. The van der Waals surface area contributed by atoms with Gasteiger partial charge in [0, 0.05) is 6.04 Å². The zero-order valence-corrected chi connectivity index (χ0v) is 10.4. The molecule has 6 heteroatoms. The van der Waals surface area contributed by atoms with Crippen molar-refractivity contribution in [3.8, 4) is 0 Å². The van der Waals surface area contributed by atoms with Gasteiger partial charge in [0.15, 0.2) is 0 Å². The normalized spacial score (nSPS) is 20.3. The third kappa shape index (κ3) is 3.59. The molecule has 0 aromatic heterocycles. The molecule has 2 rings (SSSR count). The van der Waals surface area contributed by atoms with Gasteiger partial charge in [-0.15, -0.1) is 12.4 Å². The molecular weight excluding hydrogens is 270 g/mol. The van der Waals surface area contributed by atoms with E-state index in [4.69, 9.17) is 0 Å². The van der Waals surface area contributed by atoms with Gasteiger partial charge in [-0.25, -0.2) is 4.39 Å². The summed E-state index contributed by atoms with van der Waals surface area (Å²) in [5, 5.41) is 3.11. The van der Waals surface area contributed by atoms with Crippen LogP contribution in [0.1, 0.15) is 36.4 Å². The largest absolute Gasteiger partial charge is 0.416 e.